The summed E-state index contributed by atoms with van der Waals surface area (Å²) in [5.74, 6) is -2.91. The Bertz CT molecular complexity index is 1760. The van der Waals surface area contributed by atoms with Crippen LogP contribution in [0.5, 0.6) is 0 Å². The van der Waals surface area contributed by atoms with Gasteiger partial charge in [-0.1, -0.05) is 43.7 Å². The Morgan fingerprint density at radius 3 is 1.56 bits per heavy atom. The Morgan fingerprint density at radius 1 is 0.676 bits per heavy atom. The van der Waals surface area contributed by atoms with Gasteiger partial charge >= 0.3 is 17.9 Å². The minimum Gasteiger partial charge on any atom is -0.481 e. The summed E-state index contributed by atoms with van der Waals surface area (Å²) in [6.07, 6.45) is -0.810. The number of nitro groups is 1. The number of rotatable bonds is 35. The smallest absolute Gasteiger partial charge is 0.306 e. The number of pyridine rings is 1. The van der Waals surface area contributed by atoms with Gasteiger partial charge in [0.25, 0.3) is 11.6 Å². The summed E-state index contributed by atoms with van der Waals surface area (Å²) in [6, 6.07) is 10.2. The molecule has 1 aromatic carbocycles. The summed E-state index contributed by atoms with van der Waals surface area (Å²) in [4.78, 5) is 72.1. The molecule has 2 aromatic rings. The molecule has 0 bridgehead atoms. The second kappa shape index (κ2) is 41.0. The number of aliphatic carboxylic acids is 1. The maximum Gasteiger partial charge on any atom is 0.306 e. The van der Waals surface area contributed by atoms with Gasteiger partial charge < -0.3 is 74.1 Å². The van der Waals surface area contributed by atoms with E-state index in [-0.39, 0.29) is 113 Å². The van der Waals surface area contributed by atoms with Crippen LogP contribution < -0.4 is 10.6 Å². The zero-order valence-electron chi connectivity index (χ0n) is 41.3. The first-order valence-corrected chi connectivity index (χ1v) is 24.8. The van der Waals surface area contributed by atoms with E-state index < -0.39 is 47.8 Å². The maximum absolute atomic E-state index is 12.4. The third-order valence-corrected chi connectivity index (χ3v) is 12.1. The van der Waals surface area contributed by atoms with E-state index in [0.29, 0.717) is 29.9 Å². The molecule has 1 aromatic heterocycles. The summed E-state index contributed by atoms with van der Waals surface area (Å²) in [5.41, 5.74) is 1.41. The van der Waals surface area contributed by atoms with Gasteiger partial charge in [0.2, 0.25) is 5.91 Å². The van der Waals surface area contributed by atoms with Crippen molar-refractivity contribution in [3.05, 3.63) is 63.8 Å². The minimum atomic E-state index is -1.06. The van der Waals surface area contributed by atoms with Crippen LogP contribution in [0.25, 0.3) is 0 Å². The fourth-order valence-corrected chi connectivity index (χ4v) is 7.11. The van der Waals surface area contributed by atoms with Crippen LogP contribution >= 0.6 is 21.6 Å². The predicted octanol–water partition coefficient (Wildman–Crippen LogP) is 3.31. The molecule has 0 aliphatic carbocycles. The molecule has 0 radical (unpaired) electrons. The molecule has 0 saturated heterocycles. The van der Waals surface area contributed by atoms with Crippen molar-refractivity contribution < 1.29 is 92.3 Å². The van der Waals surface area contributed by atoms with Gasteiger partial charge in [-0.2, -0.15) is 0 Å². The lowest BCUT2D eigenvalue weighted by Gasteiger charge is -2.21. The van der Waals surface area contributed by atoms with Gasteiger partial charge in [-0.25, -0.2) is 4.98 Å². The normalized spacial score (nSPS) is 13.8. The number of nitrogens with one attached hydrogen (secondary N) is 2. The first-order chi connectivity index (χ1) is 34.0. The summed E-state index contributed by atoms with van der Waals surface area (Å²) in [5, 5.41) is 60.7. The number of amides is 2. The number of aliphatic hydroxyl groups is 4. The molecule has 7 N–H and O–H groups in total. The van der Waals surface area contributed by atoms with Crippen LogP contribution in [0.3, 0.4) is 0 Å². The van der Waals surface area contributed by atoms with Crippen molar-refractivity contribution >= 4 is 57.0 Å². The monoisotopic (exact) mass is 1050 g/mol. The number of carbonyl (C=O) groups excluding carboxylic acids is 4. The largest absolute Gasteiger partial charge is 0.481 e. The molecular formula is C45H72N4O20S2. The van der Waals surface area contributed by atoms with E-state index in [1.807, 2.05) is 39.8 Å². The van der Waals surface area contributed by atoms with E-state index in [0.717, 1.165) is 5.56 Å². The van der Waals surface area contributed by atoms with Crippen molar-refractivity contribution in [2.45, 2.75) is 120 Å². The second-order valence-corrected chi connectivity index (χ2v) is 17.2. The summed E-state index contributed by atoms with van der Waals surface area (Å²) >= 11 is 0. The van der Waals surface area contributed by atoms with Gasteiger partial charge in [0, 0.05) is 57.7 Å². The standard InChI is InChI=1S/C27H36N4O9S2.C11H20O7.C7H16O4/c1-4-22(16-32)40-26(38-3)17-39-25(34)12-10-23(33)28-13-14-29-27(35)20-7-5-19(6-8-20)18(2)41-42-24-11-9-21(15-30-24)31(36)37;1-3-8(6-12)18-11(16-2)7-17-10(15)5-4-9(13)14;1-3-6(4-8)11-7(5-9)10-2/h5-9,11,15,18,22,26,32H,4,10,12-14,16-17H2,1-3H3,(H,28,33)(H,29,35);8,11-12H,3-7H2,1-2H3,(H,13,14);6-9H,3-5H2,1-2H3. The van der Waals surface area contributed by atoms with Crippen LogP contribution in [-0.4, -0.2) is 176 Å². The molecule has 7 atom stereocenters. The highest BCUT2D eigenvalue weighted by atomic mass is 33.1. The molecule has 7 unspecified atom stereocenters. The van der Waals surface area contributed by atoms with Gasteiger partial charge in [-0.15, -0.1) is 0 Å². The predicted molar refractivity (Wildman–Crippen MR) is 259 cm³/mol. The van der Waals surface area contributed by atoms with Gasteiger partial charge in [0.1, 0.15) is 24.4 Å². The van der Waals surface area contributed by atoms with E-state index in [1.54, 1.807) is 18.2 Å². The molecule has 71 heavy (non-hydrogen) atoms. The van der Waals surface area contributed by atoms with Crippen molar-refractivity contribution in [3.8, 4) is 0 Å². The number of carboxylic acids is 1. The highest BCUT2D eigenvalue weighted by Gasteiger charge is 2.19. The van der Waals surface area contributed by atoms with Crippen LogP contribution in [-0.2, 0) is 57.1 Å². The minimum absolute atomic E-state index is 0.0453. The van der Waals surface area contributed by atoms with E-state index in [2.05, 4.69) is 15.6 Å². The second-order valence-electron chi connectivity index (χ2n) is 14.6. The quantitative estimate of drug-likeness (QED) is 0.0130. The van der Waals surface area contributed by atoms with Crippen molar-refractivity contribution in [2.24, 2.45) is 0 Å². The molecule has 24 nitrogen and oxygen atoms in total. The Hall–Kier alpha value is -4.58. The average molecular weight is 1050 g/mol. The number of esters is 2. The van der Waals surface area contributed by atoms with Crippen molar-refractivity contribution in [1.29, 1.82) is 0 Å². The average Bonchev–Trinajstić information content (AvgIpc) is 3.39. The lowest BCUT2D eigenvalue weighted by Crippen LogP contribution is -2.35. The molecule has 0 aliphatic rings. The van der Waals surface area contributed by atoms with Crippen LogP contribution in [0.15, 0.2) is 47.6 Å². The summed E-state index contributed by atoms with van der Waals surface area (Å²) in [6.45, 7) is 7.13. The van der Waals surface area contributed by atoms with Crippen molar-refractivity contribution in [1.82, 2.24) is 15.6 Å². The SMILES string of the molecule is CCC(CO)OC(CO)OC.CCC(CO)OC(COC(=O)CCC(=O)NCCNC(=O)c1ccc(C(C)SSc2ccc([N+](=O)[O-])cn2)cc1)OC.CCC(CO)OC(COC(=O)CCC(=O)O)OC. The first-order valence-electron chi connectivity index (χ1n) is 22.6. The van der Waals surface area contributed by atoms with E-state index >= 15 is 0 Å². The third-order valence-electron chi connectivity index (χ3n) is 9.39. The number of benzene rings is 1. The Labute approximate surface area is 421 Å². The zero-order valence-corrected chi connectivity index (χ0v) is 42.9. The Morgan fingerprint density at radius 2 is 1.15 bits per heavy atom. The lowest BCUT2D eigenvalue weighted by atomic mass is 10.1. The van der Waals surface area contributed by atoms with Crippen molar-refractivity contribution in [2.75, 3.05) is 74.1 Å². The topological polar surface area (TPSA) is 340 Å². The van der Waals surface area contributed by atoms with Gasteiger partial charge in [0.15, 0.2) is 18.9 Å². The zero-order chi connectivity index (χ0) is 53.6. The van der Waals surface area contributed by atoms with Gasteiger partial charge in [-0.3, -0.25) is 34.1 Å². The molecule has 26 heteroatoms. The van der Waals surface area contributed by atoms with E-state index in [4.69, 9.17) is 58.3 Å². The van der Waals surface area contributed by atoms with Crippen LogP contribution in [0.2, 0.25) is 0 Å². The first kappa shape index (κ1) is 66.4. The van der Waals surface area contributed by atoms with E-state index in [1.165, 1.54) is 55.2 Å². The van der Waals surface area contributed by atoms with Crippen LogP contribution in [0.4, 0.5) is 5.69 Å². The summed E-state index contributed by atoms with van der Waals surface area (Å²) in [7, 11) is 7.18. The highest BCUT2D eigenvalue weighted by Crippen LogP contribution is 2.41. The molecule has 0 saturated carbocycles. The molecule has 0 aliphatic heterocycles. The molecular weight excluding hydrogens is 981 g/mol. The molecule has 0 fully saturated rings. The van der Waals surface area contributed by atoms with Gasteiger partial charge in [0.05, 0.1) is 68.9 Å². The highest BCUT2D eigenvalue weighted by molar-refractivity contribution is 8.76. The summed E-state index contributed by atoms with van der Waals surface area (Å²) < 4.78 is 40.5. The number of carbonyl (C=O) groups is 5. The third kappa shape index (κ3) is 31.5. The molecule has 1 heterocycles. The molecule has 2 rings (SSSR count). The van der Waals surface area contributed by atoms with Crippen LogP contribution in [0, 0.1) is 10.1 Å². The molecule has 0 spiro atoms. The number of nitrogens with zero attached hydrogens (tertiary/aromatic N) is 2. The lowest BCUT2D eigenvalue weighted by molar-refractivity contribution is -0.385. The van der Waals surface area contributed by atoms with Crippen LogP contribution in [0.1, 0.15) is 93.8 Å². The fraction of sp³-hybridized carbons (Fsp3) is 0.644. The number of aromatic nitrogens is 1. The van der Waals surface area contributed by atoms with E-state index in [9.17, 15) is 39.2 Å². The Balaban J connectivity index is 0.00000138. The Kier molecular flexibility index (Phi) is 38.3. The van der Waals surface area contributed by atoms with Crippen molar-refractivity contribution in [3.63, 3.8) is 0 Å². The molecule has 404 valence electrons. The number of methoxy groups -OCH3 is 3. The number of aliphatic hydroxyl groups excluding tert-OH is 4. The number of hydrogen-bond donors (Lipinski definition) is 7. The number of hydrogen-bond acceptors (Lipinski definition) is 22. The number of ether oxygens (including phenoxy) is 8. The number of carboxylic acid groups (broad SMARTS) is 1. The maximum atomic E-state index is 12.4. The fourth-order valence-electron chi connectivity index (χ4n) is 5.02. The molecule has 2 amide bonds. The van der Waals surface area contributed by atoms with Gasteiger partial charge in [-0.05, 0) is 60.7 Å².